The first-order valence-electron chi connectivity index (χ1n) is 9.55. The minimum Gasteiger partial charge on any atom is -0.379 e. The number of nitrogens with one attached hydrogen (secondary N) is 2. The number of carbonyl (C=O) groups is 1. The molecule has 1 aliphatic heterocycles. The van der Waals surface area contributed by atoms with Crippen molar-refractivity contribution in [3.05, 3.63) is 53.6 Å². The van der Waals surface area contributed by atoms with Gasteiger partial charge in [-0.1, -0.05) is 30.3 Å². The molecule has 0 radical (unpaired) electrons. The number of rotatable bonds is 8. The molecule has 29 heavy (non-hydrogen) atoms. The summed E-state index contributed by atoms with van der Waals surface area (Å²) in [5.74, 6) is 0.487. The van der Waals surface area contributed by atoms with Crippen LogP contribution in [0.25, 0.3) is 0 Å². The van der Waals surface area contributed by atoms with Gasteiger partial charge in [-0.15, -0.1) is 5.10 Å². The van der Waals surface area contributed by atoms with E-state index >= 15 is 0 Å². The molecule has 3 heterocycles. The number of morpholine rings is 1. The molecule has 1 fully saturated rings. The largest absolute Gasteiger partial charge is 0.379 e. The van der Waals surface area contributed by atoms with Crippen LogP contribution in [0.3, 0.4) is 0 Å². The van der Waals surface area contributed by atoms with E-state index in [4.69, 9.17) is 4.74 Å². The fourth-order valence-electron chi connectivity index (χ4n) is 3.38. The van der Waals surface area contributed by atoms with Gasteiger partial charge in [0.2, 0.25) is 5.91 Å². The van der Waals surface area contributed by atoms with Gasteiger partial charge in [-0.3, -0.25) is 9.69 Å². The highest BCUT2D eigenvalue weighted by atomic mass is 16.5. The molecule has 1 saturated heterocycles. The molecular formula is C18H23N9O2. The molecule has 0 unspecified atom stereocenters. The summed E-state index contributed by atoms with van der Waals surface area (Å²) < 4.78 is 7.06. The Labute approximate surface area is 167 Å². The van der Waals surface area contributed by atoms with Gasteiger partial charge < -0.3 is 10.1 Å². The Balaban J connectivity index is 1.47. The average Bonchev–Trinajstić information content (AvgIpc) is 3.43. The van der Waals surface area contributed by atoms with Crippen molar-refractivity contribution < 1.29 is 9.53 Å². The van der Waals surface area contributed by atoms with Crippen LogP contribution in [0.1, 0.15) is 23.1 Å². The fraction of sp³-hybridized carbons (Fsp3) is 0.444. The van der Waals surface area contributed by atoms with Crippen LogP contribution in [0.15, 0.2) is 36.5 Å². The van der Waals surface area contributed by atoms with Gasteiger partial charge >= 0.3 is 0 Å². The number of tetrazole rings is 1. The number of aromatic nitrogens is 7. The predicted octanol–water partition coefficient (Wildman–Crippen LogP) is -0.428. The number of benzene rings is 1. The van der Waals surface area contributed by atoms with Gasteiger partial charge in [0.1, 0.15) is 6.54 Å². The van der Waals surface area contributed by atoms with Crippen LogP contribution in [-0.4, -0.2) is 79.3 Å². The highest BCUT2D eigenvalue weighted by Crippen LogP contribution is 2.27. The molecule has 11 heteroatoms. The van der Waals surface area contributed by atoms with E-state index in [1.165, 1.54) is 0 Å². The molecule has 1 aliphatic rings. The first kappa shape index (κ1) is 19.2. The van der Waals surface area contributed by atoms with Gasteiger partial charge in [0.25, 0.3) is 0 Å². The molecular weight excluding hydrogens is 374 g/mol. The number of hydrogen-bond donors (Lipinski definition) is 2. The topological polar surface area (TPSA) is 127 Å². The maximum absolute atomic E-state index is 12.4. The smallest absolute Gasteiger partial charge is 0.241 e. The van der Waals surface area contributed by atoms with Crippen LogP contribution >= 0.6 is 0 Å². The second-order valence-electron chi connectivity index (χ2n) is 6.72. The summed E-state index contributed by atoms with van der Waals surface area (Å²) in [7, 11) is 0. The molecule has 1 atom stereocenters. The summed E-state index contributed by atoms with van der Waals surface area (Å²) >= 11 is 0. The minimum atomic E-state index is -0.157. The van der Waals surface area contributed by atoms with E-state index in [0.29, 0.717) is 32.0 Å². The molecule has 0 aliphatic carbocycles. The molecule has 152 valence electrons. The van der Waals surface area contributed by atoms with Crippen molar-refractivity contribution in [1.82, 2.24) is 45.8 Å². The molecule has 0 spiro atoms. The Morgan fingerprint density at radius 3 is 2.83 bits per heavy atom. The van der Waals surface area contributed by atoms with Crippen molar-refractivity contribution in [3.63, 3.8) is 0 Å². The van der Waals surface area contributed by atoms with Gasteiger partial charge in [0.15, 0.2) is 5.82 Å². The van der Waals surface area contributed by atoms with Crippen molar-refractivity contribution in [3.8, 4) is 0 Å². The molecule has 2 aromatic heterocycles. The van der Waals surface area contributed by atoms with Crippen LogP contribution in [0.4, 0.5) is 0 Å². The molecule has 0 bridgehead atoms. The van der Waals surface area contributed by atoms with E-state index in [-0.39, 0.29) is 18.5 Å². The van der Waals surface area contributed by atoms with Crippen LogP contribution in [-0.2, 0) is 22.5 Å². The number of nitrogens with zero attached hydrogens (tertiary/aromatic N) is 7. The molecule has 11 nitrogen and oxygen atoms in total. The first-order chi connectivity index (χ1) is 14.3. The van der Waals surface area contributed by atoms with E-state index in [0.717, 1.165) is 24.3 Å². The minimum absolute atomic E-state index is 0.0504. The van der Waals surface area contributed by atoms with Gasteiger partial charge in [0.05, 0.1) is 31.1 Å². The number of hydrogen-bond acceptors (Lipinski definition) is 8. The normalized spacial score (nSPS) is 15.9. The highest BCUT2D eigenvalue weighted by molar-refractivity contribution is 5.75. The lowest BCUT2D eigenvalue weighted by atomic mass is 10.0. The maximum Gasteiger partial charge on any atom is 0.241 e. The lowest BCUT2D eigenvalue weighted by Gasteiger charge is -2.33. The quantitative estimate of drug-likeness (QED) is 0.524. The lowest BCUT2D eigenvalue weighted by molar-refractivity contribution is -0.121. The van der Waals surface area contributed by atoms with Crippen molar-refractivity contribution in [2.24, 2.45) is 0 Å². The van der Waals surface area contributed by atoms with E-state index < -0.39 is 0 Å². The van der Waals surface area contributed by atoms with E-state index in [1.54, 1.807) is 10.9 Å². The van der Waals surface area contributed by atoms with Crippen molar-refractivity contribution >= 4 is 5.91 Å². The Kier molecular flexibility index (Phi) is 6.17. The predicted molar refractivity (Wildman–Crippen MR) is 102 cm³/mol. The fourth-order valence-corrected chi connectivity index (χ4v) is 3.38. The summed E-state index contributed by atoms with van der Waals surface area (Å²) in [4.78, 5) is 14.7. The Morgan fingerprint density at radius 1 is 1.24 bits per heavy atom. The number of carbonyl (C=O) groups excluding carboxylic acids is 1. The van der Waals surface area contributed by atoms with E-state index in [9.17, 15) is 4.79 Å². The third-order valence-corrected chi connectivity index (χ3v) is 4.79. The van der Waals surface area contributed by atoms with Crippen LogP contribution in [0.5, 0.6) is 0 Å². The SMILES string of the molecule is O=C(Cn1nnnc1[C@H](c1ccccc1)N1CCOCC1)NCCc1cn[nH]n1. The molecule has 1 aromatic carbocycles. The Hall–Kier alpha value is -3.18. The monoisotopic (exact) mass is 397 g/mol. The zero-order valence-electron chi connectivity index (χ0n) is 15.9. The third kappa shape index (κ3) is 4.81. The molecule has 0 saturated carbocycles. The van der Waals surface area contributed by atoms with Crippen LogP contribution in [0.2, 0.25) is 0 Å². The van der Waals surface area contributed by atoms with Gasteiger partial charge in [-0.2, -0.15) is 15.4 Å². The van der Waals surface area contributed by atoms with Crippen molar-refractivity contribution in [2.75, 3.05) is 32.8 Å². The summed E-state index contributed by atoms with van der Waals surface area (Å²) in [6.45, 7) is 3.39. The average molecular weight is 397 g/mol. The molecule has 4 rings (SSSR count). The van der Waals surface area contributed by atoms with Crippen LogP contribution in [0, 0.1) is 0 Å². The van der Waals surface area contributed by atoms with Crippen molar-refractivity contribution in [1.29, 1.82) is 0 Å². The van der Waals surface area contributed by atoms with Crippen LogP contribution < -0.4 is 5.32 Å². The highest BCUT2D eigenvalue weighted by Gasteiger charge is 2.29. The number of amides is 1. The summed E-state index contributed by atoms with van der Waals surface area (Å²) in [5, 5.41) is 25.3. The molecule has 3 aromatic rings. The van der Waals surface area contributed by atoms with Crippen molar-refractivity contribution in [2.45, 2.75) is 19.0 Å². The number of ether oxygens (including phenoxy) is 1. The third-order valence-electron chi connectivity index (χ3n) is 4.79. The van der Waals surface area contributed by atoms with E-state index in [1.807, 2.05) is 18.2 Å². The van der Waals surface area contributed by atoms with Gasteiger partial charge in [-0.25, -0.2) is 4.68 Å². The Morgan fingerprint density at radius 2 is 2.07 bits per heavy atom. The number of aromatic amines is 1. The zero-order chi connectivity index (χ0) is 19.9. The summed E-state index contributed by atoms with van der Waals surface area (Å²) in [6.07, 6.45) is 2.24. The molecule has 1 amide bonds. The maximum atomic E-state index is 12.4. The first-order valence-corrected chi connectivity index (χ1v) is 9.55. The second-order valence-corrected chi connectivity index (χ2v) is 6.72. The lowest BCUT2D eigenvalue weighted by Crippen LogP contribution is -2.41. The Bertz CT molecular complexity index is 891. The zero-order valence-corrected chi connectivity index (χ0v) is 15.9. The standard InChI is InChI=1S/C18H23N9O2/c28-16(19-7-6-15-12-20-23-21-15)13-27-18(22-24-25-27)17(14-4-2-1-3-5-14)26-8-10-29-11-9-26/h1-5,12,17H,6-11,13H2,(H,19,28)(H,20,21,23)/t17-/m0/s1. The molecule has 2 N–H and O–H groups in total. The number of H-pyrrole nitrogens is 1. The van der Waals surface area contributed by atoms with Gasteiger partial charge in [-0.05, 0) is 16.0 Å². The van der Waals surface area contributed by atoms with Gasteiger partial charge in [0, 0.05) is 26.1 Å². The summed E-state index contributed by atoms with van der Waals surface area (Å²) in [5.41, 5.74) is 1.88. The van der Waals surface area contributed by atoms with E-state index in [2.05, 4.69) is 53.3 Å². The second kappa shape index (κ2) is 9.34. The summed E-state index contributed by atoms with van der Waals surface area (Å²) in [6, 6.07) is 9.93.